The van der Waals surface area contributed by atoms with Crippen molar-refractivity contribution in [3.63, 3.8) is 0 Å². The first-order valence-electron chi connectivity index (χ1n) is 5.89. The molecular formula is C13H12ClN3O3S. The molecule has 110 valence electrons. The summed E-state index contributed by atoms with van der Waals surface area (Å²) in [4.78, 5) is 15.0. The van der Waals surface area contributed by atoms with Crippen molar-refractivity contribution in [3.05, 3.63) is 53.3 Å². The zero-order valence-corrected chi connectivity index (χ0v) is 12.6. The maximum atomic E-state index is 12.2. The van der Waals surface area contributed by atoms with E-state index in [1.165, 1.54) is 49.6 Å². The van der Waals surface area contributed by atoms with Gasteiger partial charge in [0.2, 0.25) is 0 Å². The normalized spacial score (nSPS) is 11.0. The number of carbonyl (C=O) groups is 1. The minimum Gasteiger partial charge on any atom is -0.355 e. The molecule has 0 fully saturated rings. The zero-order chi connectivity index (χ0) is 15.5. The number of amides is 1. The third-order valence-corrected chi connectivity index (χ3v) is 4.47. The van der Waals surface area contributed by atoms with E-state index in [0.717, 1.165) is 0 Å². The molecule has 0 saturated carbocycles. The lowest BCUT2D eigenvalue weighted by Gasteiger charge is -2.09. The Morgan fingerprint density at radius 1 is 1.19 bits per heavy atom. The highest BCUT2D eigenvalue weighted by molar-refractivity contribution is 7.92. The molecule has 0 saturated heterocycles. The topological polar surface area (TPSA) is 88.2 Å². The van der Waals surface area contributed by atoms with E-state index in [2.05, 4.69) is 15.0 Å². The number of nitrogens with one attached hydrogen (secondary N) is 2. The Bertz CT molecular complexity index is 760. The van der Waals surface area contributed by atoms with Crippen molar-refractivity contribution in [3.8, 4) is 0 Å². The molecule has 0 atom stereocenters. The highest BCUT2D eigenvalue weighted by Crippen LogP contribution is 2.21. The smallest absolute Gasteiger partial charge is 0.264 e. The van der Waals surface area contributed by atoms with E-state index >= 15 is 0 Å². The summed E-state index contributed by atoms with van der Waals surface area (Å²) in [7, 11) is -2.31. The van der Waals surface area contributed by atoms with Gasteiger partial charge in [0.25, 0.3) is 15.9 Å². The number of aromatic nitrogens is 1. The molecule has 0 unspecified atom stereocenters. The molecule has 6 nitrogen and oxygen atoms in total. The second kappa shape index (κ2) is 6.11. The SMILES string of the molecule is CNC(=O)c1ccc(NS(=O)(=O)c2cccnc2Cl)cc1. The van der Waals surface area contributed by atoms with Crippen LogP contribution in [0.15, 0.2) is 47.5 Å². The molecule has 1 amide bonds. The van der Waals surface area contributed by atoms with E-state index < -0.39 is 10.0 Å². The molecule has 0 radical (unpaired) electrons. The van der Waals surface area contributed by atoms with Gasteiger partial charge >= 0.3 is 0 Å². The minimum atomic E-state index is -3.83. The Morgan fingerprint density at radius 2 is 1.86 bits per heavy atom. The molecule has 1 aromatic heterocycles. The first-order chi connectivity index (χ1) is 9.94. The molecule has 1 aromatic carbocycles. The fraction of sp³-hybridized carbons (Fsp3) is 0.0769. The average molecular weight is 326 g/mol. The molecule has 8 heteroatoms. The van der Waals surface area contributed by atoms with Gasteiger partial charge in [-0.05, 0) is 36.4 Å². The van der Waals surface area contributed by atoms with Crippen molar-refractivity contribution in [2.24, 2.45) is 0 Å². The van der Waals surface area contributed by atoms with Gasteiger partial charge in [-0.2, -0.15) is 0 Å². The van der Waals surface area contributed by atoms with Crippen LogP contribution in [0.3, 0.4) is 0 Å². The number of halogens is 1. The van der Waals surface area contributed by atoms with Crippen LogP contribution in [0.5, 0.6) is 0 Å². The van der Waals surface area contributed by atoms with Crippen LogP contribution in [0.4, 0.5) is 5.69 Å². The van der Waals surface area contributed by atoms with Crippen LogP contribution in [-0.4, -0.2) is 26.4 Å². The standard InChI is InChI=1S/C13H12ClN3O3S/c1-15-13(18)9-4-6-10(7-5-9)17-21(19,20)11-3-2-8-16-12(11)14/h2-8,17H,1H3,(H,15,18). The van der Waals surface area contributed by atoms with Gasteiger partial charge in [0.1, 0.15) is 10.0 Å². The third-order valence-electron chi connectivity index (χ3n) is 2.64. The van der Waals surface area contributed by atoms with Crippen molar-refractivity contribution in [2.45, 2.75) is 4.90 Å². The lowest BCUT2D eigenvalue weighted by atomic mass is 10.2. The van der Waals surface area contributed by atoms with Crippen LogP contribution in [-0.2, 0) is 10.0 Å². The summed E-state index contributed by atoms with van der Waals surface area (Å²) in [5.74, 6) is -0.250. The fourth-order valence-electron chi connectivity index (χ4n) is 1.62. The molecule has 0 aliphatic rings. The van der Waals surface area contributed by atoms with Gasteiger partial charge in [0.15, 0.2) is 0 Å². The van der Waals surface area contributed by atoms with Gasteiger partial charge in [-0.25, -0.2) is 13.4 Å². The molecule has 2 rings (SSSR count). The Kier molecular flexibility index (Phi) is 4.44. The lowest BCUT2D eigenvalue weighted by molar-refractivity contribution is 0.0963. The highest BCUT2D eigenvalue weighted by atomic mass is 35.5. The van der Waals surface area contributed by atoms with Gasteiger partial charge in [-0.1, -0.05) is 11.6 Å². The predicted molar refractivity (Wildman–Crippen MR) is 79.9 cm³/mol. The van der Waals surface area contributed by atoms with Crippen LogP contribution in [0.2, 0.25) is 5.15 Å². The number of hydrogen-bond donors (Lipinski definition) is 2. The molecule has 2 aromatic rings. The lowest BCUT2D eigenvalue weighted by Crippen LogP contribution is -2.18. The van der Waals surface area contributed by atoms with Crippen molar-refractivity contribution in [2.75, 3.05) is 11.8 Å². The highest BCUT2D eigenvalue weighted by Gasteiger charge is 2.18. The minimum absolute atomic E-state index is 0.105. The van der Waals surface area contributed by atoms with E-state index in [4.69, 9.17) is 11.6 Å². The van der Waals surface area contributed by atoms with E-state index in [-0.39, 0.29) is 16.0 Å². The first-order valence-corrected chi connectivity index (χ1v) is 7.75. The quantitative estimate of drug-likeness (QED) is 0.840. The molecule has 1 heterocycles. The fourth-order valence-corrected chi connectivity index (χ4v) is 3.13. The Morgan fingerprint density at radius 3 is 2.43 bits per heavy atom. The Balaban J connectivity index is 2.25. The van der Waals surface area contributed by atoms with Crippen LogP contribution < -0.4 is 10.0 Å². The maximum Gasteiger partial charge on any atom is 0.264 e. The average Bonchev–Trinajstić information content (AvgIpc) is 2.47. The molecule has 21 heavy (non-hydrogen) atoms. The van der Waals surface area contributed by atoms with Gasteiger partial charge < -0.3 is 5.32 Å². The molecule has 0 aliphatic heterocycles. The second-order valence-corrected chi connectivity index (χ2v) is 6.06. The number of sulfonamides is 1. The Hall–Kier alpha value is -2.12. The zero-order valence-electron chi connectivity index (χ0n) is 11.0. The molecular weight excluding hydrogens is 314 g/mol. The largest absolute Gasteiger partial charge is 0.355 e. The Labute approximate surface area is 127 Å². The summed E-state index contributed by atoms with van der Waals surface area (Å²) >= 11 is 5.78. The number of rotatable bonds is 4. The second-order valence-electron chi connectivity index (χ2n) is 4.05. The van der Waals surface area contributed by atoms with Crippen molar-refractivity contribution in [1.82, 2.24) is 10.3 Å². The molecule has 0 spiro atoms. The summed E-state index contributed by atoms with van der Waals surface area (Å²) in [6.45, 7) is 0. The monoisotopic (exact) mass is 325 g/mol. The number of benzene rings is 1. The number of anilines is 1. The number of nitrogens with zero attached hydrogens (tertiary/aromatic N) is 1. The van der Waals surface area contributed by atoms with E-state index in [1.54, 1.807) is 0 Å². The number of pyridine rings is 1. The number of hydrogen-bond acceptors (Lipinski definition) is 4. The van der Waals surface area contributed by atoms with Crippen LogP contribution in [0.25, 0.3) is 0 Å². The first kappa shape index (κ1) is 15.3. The third kappa shape index (κ3) is 3.50. The summed E-state index contributed by atoms with van der Waals surface area (Å²) < 4.78 is 26.7. The molecule has 0 aliphatic carbocycles. The van der Waals surface area contributed by atoms with Gasteiger partial charge in [-0.15, -0.1) is 0 Å². The van der Waals surface area contributed by atoms with Crippen LogP contribution in [0, 0.1) is 0 Å². The van der Waals surface area contributed by atoms with E-state index in [0.29, 0.717) is 11.3 Å². The molecule has 0 bridgehead atoms. The predicted octanol–water partition coefficient (Wildman–Crippen LogP) is 1.90. The van der Waals surface area contributed by atoms with Crippen molar-refractivity contribution in [1.29, 1.82) is 0 Å². The number of carbonyl (C=O) groups excluding carboxylic acids is 1. The van der Waals surface area contributed by atoms with E-state index in [9.17, 15) is 13.2 Å². The molecule has 2 N–H and O–H groups in total. The van der Waals surface area contributed by atoms with Crippen LogP contribution in [0.1, 0.15) is 10.4 Å². The maximum absolute atomic E-state index is 12.2. The van der Waals surface area contributed by atoms with Crippen molar-refractivity contribution >= 4 is 33.2 Å². The van der Waals surface area contributed by atoms with Gasteiger partial charge in [0, 0.05) is 24.5 Å². The van der Waals surface area contributed by atoms with Gasteiger partial charge in [0.05, 0.1) is 0 Å². The summed E-state index contributed by atoms with van der Waals surface area (Å²) in [5, 5.41) is 2.37. The summed E-state index contributed by atoms with van der Waals surface area (Å²) in [5.41, 5.74) is 0.752. The summed E-state index contributed by atoms with van der Waals surface area (Å²) in [6.07, 6.45) is 1.40. The summed E-state index contributed by atoms with van der Waals surface area (Å²) in [6, 6.07) is 8.85. The van der Waals surface area contributed by atoms with Gasteiger partial charge in [-0.3, -0.25) is 9.52 Å². The van der Waals surface area contributed by atoms with Crippen molar-refractivity contribution < 1.29 is 13.2 Å². The van der Waals surface area contributed by atoms with Crippen LogP contribution >= 0.6 is 11.6 Å². The van der Waals surface area contributed by atoms with E-state index in [1.807, 2.05) is 0 Å².